The molecule has 26 heavy (non-hydrogen) atoms. The fraction of sp³-hybridized carbons (Fsp3) is 0.438. The van der Waals surface area contributed by atoms with E-state index in [4.69, 9.17) is 22.8 Å². The van der Waals surface area contributed by atoms with Crippen LogP contribution in [0.5, 0.6) is 0 Å². The van der Waals surface area contributed by atoms with E-state index in [0.29, 0.717) is 5.02 Å². The van der Waals surface area contributed by atoms with Gasteiger partial charge in [-0.2, -0.15) is 0 Å². The molecular weight excluding hydrogens is 384 g/mol. The maximum atomic E-state index is 12.2. The first-order chi connectivity index (χ1) is 12.2. The van der Waals surface area contributed by atoms with Gasteiger partial charge in [0.2, 0.25) is 15.9 Å². The van der Waals surface area contributed by atoms with Gasteiger partial charge in [0.1, 0.15) is 18.3 Å². The molecule has 8 nitrogen and oxygen atoms in total. The Kier molecular flexibility index (Phi) is 7.00. The molecule has 2 rings (SSSR count). The van der Waals surface area contributed by atoms with E-state index in [1.54, 1.807) is 0 Å². The van der Waals surface area contributed by atoms with E-state index in [1.165, 1.54) is 24.3 Å². The van der Waals surface area contributed by atoms with Crippen LogP contribution in [-0.4, -0.2) is 62.0 Å². The monoisotopic (exact) mass is 402 g/mol. The van der Waals surface area contributed by atoms with Crippen LogP contribution in [0.1, 0.15) is 6.42 Å². The van der Waals surface area contributed by atoms with Crippen LogP contribution >= 0.6 is 11.6 Å². The molecule has 1 saturated heterocycles. The zero-order valence-electron chi connectivity index (χ0n) is 13.6. The second-order valence-electron chi connectivity index (χ2n) is 5.68. The first-order valence-electron chi connectivity index (χ1n) is 7.71. The molecule has 0 unspecified atom stereocenters. The van der Waals surface area contributed by atoms with Crippen molar-refractivity contribution >= 4 is 27.5 Å². The Hall–Kier alpha value is -1.67. The quantitative estimate of drug-likeness (QED) is 0.445. The first kappa shape index (κ1) is 20.6. The third-order valence-corrected chi connectivity index (χ3v) is 5.53. The molecule has 1 heterocycles. The average Bonchev–Trinajstić information content (AvgIpc) is 2.86. The summed E-state index contributed by atoms with van der Waals surface area (Å²) in [7, 11) is -3.84. The first-order valence-corrected chi connectivity index (χ1v) is 9.57. The van der Waals surface area contributed by atoms with E-state index in [1.807, 2.05) is 0 Å². The number of benzene rings is 1. The highest BCUT2D eigenvalue weighted by Crippen LogP contribution is 2.24. The normalized spacial score (nSPS) is 25.6. The topological polar surface area (TPSA) is 125 Å². The number of nitrogens with one attached hydrogen (secondary N) is 2. The number of rotatable bonds is 7. The molecule has 1 aromatic rings. The van der Waals surface area contributed by atoms with Crippen molar-refractivity contribution in [1.82, 2.24) is 10.0 Å². The van der Waals surface area contributed by atoms with Crippen molar-refractivity contribution in [2.24, 2.45) is 0 Å². The van der Waals surface area contributed by atoms with Crippen LogP contribution in [0.3, 0.4) is 0 Å². The van der Waals surface area contributed by atoms with Gasteiger partial charge in [-0.05, 0) is 24.3 Å². The maximum Gasteiger partial charge on any atom is 0.240 e. The molecule has 10 heteroatoms. The molecule has 4 atom stereocenters. The van der Waals surface area contributed by atoms with Gasteiger partial charge in [0.05, 0.1) is 24.0 Å². The average molecular weight is 403 g/mol. The van der Waals surface area contributed by atoms with Crippen molar-refractivity contribution in [2.75, 3.05) is 13.1 Å². The number of hydrogen-bond donors (Lipinski definition) is 4. The molecule has 0 bridgehead atoms. The lowest BCUT2D eigenvalue weighted by Crippen LogP contribution is -2.40. The van der Waals surface area contributed by atoms with Crippen molar-refractivity contribution < 1.29 is 28.2 Å². The SMILES string of the molecule is C#CCNC(=O)C[C@@H]1O[C@H](CNS(=O)(=O)c2ccc(Cl)cc2)[C@@H](O)[C@H]1O. The van der Waals surface area contributed by atoms with Gasteiger partial charge in [0.25, 0.3) is 0 Å². The van der Waals surface area contributed by atoms with Crippen molar-refractivity contribution in [1.29, 1.82) is 0 Å². The number of ether oxygens (including phenoxy) is 1. The molecule has 1 aliphatic rings. The highest BCUT2D eigenvalue weighted by Gasteiger charge is 2.43. The van der Waals surface area contributed by atoms with Gasteiger partial charge in [0, 0.05) is 11.6 Å². The summed E-state index contributed by atoms with van der Waals surface area (Å²) in [5, 5.41) is 22.8. The van der Waals surface area contributed by atoms with E-state index in [0.717, 1.165) is 0 Å². The van der Waals surface area contributed by atoms with Gasteiger partial charge in [-0.25, -0.2) is 13.1 Å². The number of amides is 1. The number of carbonyl (C=O) groups is 1. The maximum absolute atomic E-state index is 12.2. The second kappa shape index (κ2) is 8.81. The smallest absolute Gasteiger partial charge is 0.240 e. The third kappa shape index (κ3) is 5.17. The fourth-order valence-corrected chi connectivity index (χ4v) is 3.63. The van der Waals surface area contributed by atoms with Crippen LogP contribution in [0.4, 0.5) is 0 Å². The standard InChI is InChI=1S/C16H19ClN2O6S/c1-2-7-18-14(20)8-12-15(21)16(22)13(25-12)9-19-26(23,24)11-5-3-10(17)4-6-11/h1,3-6,12-13,15-16,19,21-22H,7-9H2,(H,18,20)/t12-,13+,15-,16+/m0/s1. The van der Waals surface area contributed by atoms with Crippen molar-refractivity contribution in [3.05, 3.63) is 29.3 Å². The minimum Gasteiger partial charge on any atom is -0.388 e. The lowest BCUT2D eigenvalue weighted by molar-refractivity contribution is -0.124. The minimum absolute atomic E-state index is 0.000137. The van der Waals surface area contributed by atoms with Gasteiger partial charge in [-0.1, -0.05) is 17.5 Å². The summed E-state index contributed by atoms with van der Waals surface area (Å²) in [6.45, 7) is -0.236. The highest BCUT2D eigenvalue weighted by molar-refractivity contribution is 7.89. The van der Waals surface area contributed by atoms with Gasteiger partial charge >= 0.3 is 0 Å². The van der Waals surface area contributed by atoms with Crippen molar-refractivity contribution in [2.45, 2.75) is 35.7 Å². The van der Waals surface area contributed by atoms with Crippen molar-refractivity contribution in [3.8, 4) is 12.3 Å². The number of sulfonamides is 1. The second-order valence-corrected chi connectivity index (χ2v) is 7.89. The van der Waals surface area contributed by atoms with Crippen molar-refractivity contribution in [3.63, 3.8) is 0 Å². The largest absolute Gasteiger partial charge is 0.388 e. The Balaban J connectivity index is 1.94. The molecule has 0 saturated carbocycles. The number of aliphatic hydroxyl groups is 2. The number of carbonyl (C=O) groups excluding carboxylic acids is 1. The Labute approximate surface area is 156 Å². The zero-order chi connectivity index (χ0) is 19.3. The Bertz CT molecular complexity index is 777. The number of aliphatic hydroxyl groups excluding tert-OH is 2. The highest BCUT2D eigenvalue weighted by atomic mass is 35.5. The van der Waals surface area contributed by atoms with E-state index < -0.39 is 40.3 Å². The fourth-order valence-electron chi connectivity index (χ4n) is 2.46. The van der Waals surface area contributed by atoms with E-state index >= 15 is 0 Å². The van der Waals surface area contributed by atoms with Crippen LogP contribution in [0, 0.1) is 12.3 Å². The molecule has 142 valence electrons. The molecule has 0 radical (unpaired) electrons. The predicted octanol–water partition coefficient (Wildman–Crippen LogP) is -0.753. The van der Waals surface area contributed by atoms with E-state index in [9.17, 15) is 23.4 Å². The van der Waals surface area contributed by atoms with Gasteiger partial charge in [-0.15, -0.1) is 6.42 Å². The van der Waals surface area contributed by atoms with Crippen LogP contribution in [-0.2, 0) is 19.6 Å². The number of hydrogen-bond acceptors (Lipinski definition) is 6. The van der Waals surface area contributed by atoms with Gasteiger partial charge in [0.15, 0.2) is 0 Å². The van der Waals surface area contributed by atoms with E-state index in [2.05, 4.69) is 16.0 Å². The molecule has 1 amide bonds. The molecule has 0 aliphatic carbocycles. The Morgan fingerprint density at radius 1 is 1.23 bits per heavy atom. The zero-order valence-corrected chi connectivity index (χ0v) is 15.2. The predicted molar refractivity (Wildman–Crippen MR) is 93.8 cm³/mol. The number of terminal acetylenes is 1. The summed E-state index contributed by atoms with van der Waals surface area (Å²) >= 11 is 5.73. The third-order valence-electron chi connectivity index (χ3n) is 3.83. The van der Waals surface area contributed by atoms with Crippen LogP contribution in [0.2, 0.25) is 5.02 Å². The molecular formula is C16H19ClN2O6S. The molecule has 1 aromatic carbocycles. The summed E-state index contributed by atoms with van der Waals surface area (Å²) in [6, 6.07) is 5.55. The Morgan fingerprint density at radius 3 is 2.46 bits per heavy atom. The van der Waals surface area contributed by atoms with E-state index in [-0.39, 0.29) is 24.4 Å². The van der Waals surface area contributed by atoms with Gasteiger partial charge in [-0.3, -0.25) is 4.79 Å². The molecule has 4 N–H and O–H groups in total. The van der Waals surface area contributed by atoms with Crippen LogP contribution < -0.4 is 10.0 Å². The molecule has 1 aliphatic heterocycles. The summed E-state index contributed by atoms with van der Waals surface area (Å²) in [4.78, 5) is 11.6. The summed E-state index contributed by atoms with van der Waals surface area (Å²) in [5.74, 6) is 1.80. The van der Waals surface area contributed by atoms with Crippen LogP contribution in [0.15, 0.2) is 29.2 Å². The van der Waals surface area contributed by atoms with Gasteiger partial charge < -0.3 is 20.3 Å². The molecule has 0 spiro atoms. The number of halogens is 1. The lowest BCUT2D eigenvalue weighted by Gasteiger charge is -2.15. The minimum atomic E-state index is -3.84. The summed E-state index contributed by atoms with van der Waals surface area (Å²) in [5.41, 5.74) is 0. The summed E-state index contributed by atoms with van der Waals surface area (Å²) < 4.78 is 32.2. The summed E-state index contributed by atoms with van der Waals surface area (Å²) in [6.07, 6.45) is 0.198. The lowest BCUT2D eigenvalue weighted by atomic mass is 10.1. The van der Waals surface area contributed by atoms with Crippen LogP contribution in [0.25, 0.3) is 0 Å². The molecule has 1 fully saturated rings. The molecule has 0 aromatic heterocycles. The Morgan fingerprint density at radius 2 is 1.85 bits per heavy atom.